The van der Waals surface area contributed by atoms with E-state index in [1.54, 1.807) is 16.9 Å². The van der Waals surface area contributed by atoms with Crippen LogP contribution in [0.2, 0.25) is 0 Å². The first kappa shape index (κ1) is 12.2. The lowest BCUT2D eigenvalue weighted by molar-refractivity contribution is 0.970. The van der Waals surface area contributed by atoms with Crippen LogP contribution in [0, 0.1) is 6.92 Å². The van der Waals surface area contributed by atoms with Crippen LogP contribution in [0.3, 0.4) is 0 Å². The summed E-state index contributed by atoms with van der Waals surface area (Å²) in [5.74, 6) is 0.738. The second kappa shape index (κ2) is 4.75. The monoisotopic (exact) mass is 293 g/mol. The van der Waals surface area contributed by atoms with Gasteiger partial charge in [0.1, 0.15) is 5.01 Å². The highest BCUT2D eigenvalue weighted by atomic mass is 32.1. The van der Waals surface area contributed by atoms with Gasteiger partial charge in [-0.25, -0.2) is 0 Å². The predicted octanol–water partition coefficient (Wildman–Crippen LogP) is 3.22. The first-order valence-corrected chi connectivity index (χ1v) is 7.32. The quantitative estimate of drug-likeness (QED) is 0.569. The molecule has 4 aromatic rings. The number of pyridine rings is 1. The smallest absolute Gasteiger partial charge is 0.235 e. The van der Waals surface area contributed by atoms with E-state index in [1.165, 1.54) is 16.9 Å². The molecular weight excluding hydrogens is 282 g/mol. The third-order valence-electron chi connectivity index (χ3n) is 3.23. The van der Waals surface area contributed by atoms with Gasteiger partial charge in [0, 0.05) is 23.5 Å². The summed E-state index contributed by atoms with van der Waals surface area (Å²) in [7, 11) is 0. The molecule has 5 nitrogen and oxygen atoms in total. The average Bonchev–Trinajstić information content (AvgIpc) is 3.09. The van der Waals surface area contributed by atoms with Crippen LogP contribution in [0.1, 0.15) is 5.56 Å². The Balaban J connectivity index is 1.84. The largest absolute Gasteiger partial charge is 0.265 e. The molecule has 1 aromatic carbocycles. The molecule has 0 N–H and O–H groups in total. The van der Waals surface area contributed by atoms with Crippen molar-refractivity contribution in [1.82, 2.24) is 24.8 Å². The van der Waals surface area contributed by atoms with Gasteiger partial charge < -0.3 is 0 Å². The average molecular weight is 293 g/mol. The Morgan fingerprint density at radius 3 is 2.43 bits per heavy atom. The highest BCUT2D eigenvalue weighted by Gasteiger charge is 2.14. The maximum Gasteiger partial charge on any atom is 0.235 e. The second-order valence-electron chi connectivity index (χ2n) is 4.73. The highest BCUT2D eigenvalue weighted by molar-refractivity contribution is 7.19. The van der Waals surface area contributed by atoms with E-state index in [0.717, 1.165) is 26.9 Å². The van der Waals surface area contributed by atoms with Gasteiger partial charge in [-0.05, 0) is 19.1 Å². The summed E-state index contributed by atoms with van der Waals surface area (Å²) in [5.41, 5.74) is 3.29. The van der Waals surface area contributed by atoms with E-state index >= 15 is 0 Å². The summed E-state index contributed by atoms with van der Waals surface area (Å²) < 4.78 is 1.79. The molecule has 0 saturated heterocycles. The van der Waals surface area contributed by atoms with E-state index < -0.39 is 0 Å². The van der Waals surface area contributed by atoms with Crippen molar-refractivity contribution in [1.29, 1.82) is 0 Å². The Morgan fingerprint density at radius 1 is 0.905 bits per heavy atom. The molecule has 3 aromatic heterocycles. The Hall–Kier alpha value is -2.60. The van der Waals surface area contributed by atoms with Crippen LogP contribution < -0.4 is 0 Å². The molecule has 0 unspecified atom stereocenters. The van der Waals surface area contributed by atoms with Gasteiger partial charge >= 0.3 is 0 Å². The van der Waals surface area contributed by atoms with Crippen LogP contribution in [0.15, 0.2) is 48.8 Å². The van der Waals surface area contributed by atoms with Crippen molar-refractivity contribution >= 4 is 16.3 Å². The number of hydrogen-bond donors (Lipinski definition) is 0. The number of rotatable bonds is 2. The number of benzene rings is 1. The molecule has 0 spiro atoms. The molecule has 102 valence electrons. The molecule has 0 atom stereocenters. The van der Waals surface area contributed by atoms with Gasteiger partial charge in [0.25, 0.3) is 0 Å². The fourth-order valence-electron chi connectivity index (χ4n) is 2.11. The number of aromatic nitrogens is 5. The number of aryl methyl sites for hydroxylation is 1. The lowest BCUT2D eigenvalue weighted by Gasteiger charge is -1.97. The molecule has 0 aliphatic carbocycles. The minimum Gasteiger partial charge on any atom is -0.265 e. The normalized spacial score (nSPS) is 11.1. The summed E-state index contributed by atoms with van der Waals surface area (Å²) in [5, 5.41) is 14.0. The highest BCUT2D eigenvalue weighted by Crippen LogP contribution is 2.27. The van der Waals surface area contributed by atoms with E-state index in [-0.39, 0.29) is 0 Å². The van der Waals surface area contributed by atoms with Crippen molar-refractivity contribution < 1.29 is 0 Å². The van der Waals surface area contributed by atoms with Gasteiger partial charge in [-0.15, -0.1) is 10.2 Å². The molecular formula is C15H11N5S. The van der Waals surface area contributed by atoms with E-state index in [4.69, 9.17) is 0 Å². The number of hydrogen-bond acceptors (Lipinski definition) is 5. The molecule has 0 saturated carbocycles. The van der Waals surface area contributed by atoms with Crippen molar-refractivity contribution in [3.63, 3.8) is 0 Å². The lowest BCUT2D eigenvalue weighted by atomic mass is 10.2. The Kier molecular flexibility index (Phi) is 2.75. The van der Waals surface area contributed by atoms with Crippen LogP contribution in [-0.2, 0) is 0 Å². The van der Waals surface area contributed by atoms with Gasteiger partial charge in [-0.1, -0.05) is 41.2 Å². The number of nitrogens with zero attached hydrogens (tertiary/aromatic N) is 5. The Morgan fingerprint density at radius 2 is 1.67 bits per heavy atom. The molecule has 6 heteroatoms. The Bertz CT molecular complexity index is 893. The fraction of sp³-hybridized carbons (Fsp3) is 0.0667. The summed E-state index contributed by atoms with van der Waals surface area (Å²) in [4.78, 5) is 4.81. The third-order valence-corrected chi connectivity index (χ3v) is 4.18. The first-order valence-electron chi connectivity index (χ1n) is 6.51. The van der Waals surface area contributed by atoms with Crippen LogP contribution in [-0.4, -0.2) is 24.8 Å². The second-order valence-corrected chi connectivity index (χ2v) is 5.68. The molecule has 0 aliphatic rings. The van der Waals surface area contributed by atoms with Crippen LogP contribution in [0.5, 0.6) is 0 Å². The van der Waals surface area contributed by atoms with E-state index in [1.807, 2.05) is 12.1 Å². The van der Waals surface area contributed by atoms with Crippen molar-refractivity contribution in [3.8, 4) is 22.0 Å². The zero-order valence-corrected chi connectivity index (χ0v) is 12.1. The molecule has 3 heterocycles. The van der Waals surface area contributed by atoms with Crippen LogP contribution in [0.25, 0.3) is 26.9 Å². The van der Waals surface area contributed by atoms with Crippen molar-refractivity contribution in [2.45, 2.75) is 6.92 Å². The Labute approximate surface area is 124 Å². The molecule has 0 radical (unpaired) electrons. The fourth-order valence-corrected chi connectivity index (χ4v) is 2.96. The van der Waals surface area contributed by atoms with Crippen molar-refractivity contribution in [3.05, 3.63) is 54.4 Å². The minimum atomic E-state index is 0.738. The molecule has 0 amide bonds. The van der Waals surface area contributed by atoms with Gasteiger partial charge in [-0.2, -0.15) is 9.61 Å². The van der Waals surface area contributed by atoms with Crippen molar-refractivity contribution in [2.24, 2.45) is 0 Å². The van der Waals surface area contributed by atoms with Crippen LogP contribution in [0.4, 0.5) is 0 Å². The summed E-state index contributed by atoms with van der Waals surface area (Å²) in [6.45, 7) is 2.07. The van der Waals surface area contributed by atoms with E-state index in [0.29, 0.717) is 0 Å². The van der Waals surface area contributed by atoms with Gasteiger partial charge in [0.15, 0.2) is 5.82 Å². The maximum absolute atomic E-state index is 4.64. The summed E-state index contributed by atoms with van der Waals surface area (Å²) in [6.07, 6.45) is 3.48. The standard InChI is InChI=1S/C15H11N5S/c1-10-2-4-12(5-3-10)14-19-20-13(17-18-15(20)21-14)11-6-8-16-9-7-11/h2-9H,1H3. The molecule has 0 aliphatic heterocycles. The van der Waals surface area contributed by atoms with E-state index in [9.17, 15) is 0 Å². The van der Waals surface area contributed by atoms with E-state index in [2.05, 4.69) is 51.5 Å². The van der Waals surface area contributed by atoms with Gasteiger partial charge in [0.2, 0.25) is 4.96 Å². The van der Waals surface area contributed by atoms with Gasteiger partial charge in [0.05, 0.1) is 0 Å². The first-order chi connectivity index (χ1) is 10.3. The zero-order chi connectivity index (χ0) is 14.2. The zero-order valence-electron chi connectivity index (χ0n) is 11.3. The lowest BCUT2D eigenvalue weighted by Crippen LogP contribution is -1.91. The minimum absolute atomic E-state index is 0.738. The van der Waals surface area contributed by atoms with Crippen molar-refractivity contribution in [2.75, 3.05) is 0 Å². The maximum atomic E-state index is 4.64. The summed E-state index contributed by atoms with van der Waals surface area (Å²) >= 11 is 1.53. The van der Waals surface area contributed by atoms with Crippen LogP contribution >= 0.6 is 11.3 Å². The molecule has 0 bridgehead atoms. The third kappa shape index (κ3) is 2.09. The topological polar surface area (TPSA) is 56.0 Å². The number of fused-ring (bicyclic) bond motifs is 1. The SMILES string of the molecule is Cc1ccc(-c2nn3c(-c4ccncc4)nnc3s2)cc1. The molecule has 4 rings (SSSR count). The predicted molar refractivity (Wildman–Crippen MR) is 82.1 cm³/mol. The molecule has 0 fully saturated rings. The molecule has 21 heavy (non-hydrogen) atoms. The summed E-state index contributed by atoms with van der Waals surface area (Å²) in [6, 6.07) is 12.1. The van der Waals surface area contributed by atoms with Gasteiger partial charge in [-0.3, -0.25) is 4.98 Å².